The number of carbonyl (C=O) groups is 2. The monoisotopic (exact) mass is 557 g/mol. The average Bonchev–Trinajstić information content (AvgIpc) is 3.54. The lowest BCUT2D eigenvalue weighted by Crippen LogP contribution is -2.39. The van der Waals surface area contributed by atoms with Gasteiger partial charge >= 0.3 is 6.09 Å². The molecule has 2 aliphatic rings. The molecule has 2 aliphatic heterocycles. The number of nitrogens with one attached hydrogen (secondary N) is 1. The number of halogens is 2. The molecule has 8 nitrogen and oxygen atoms in total. The van der Waals surface area contributed by atoms with E-state index in [4.69, 9.17) is 4.74 Å². The van der Waals surface area contributed by atoms with Crippen molar-refractivity contribution in [2.45, 2.75) is 59.4 Å². The predicted molar refractivity (Wildman–Crippen MR) is 138 cm³/mol. The molecule has 36 heavy (non-hydrogen) atoms. The van der Waals surface area contributed by atoms with E-state index in [1.165, 1.54) is 6.07 Å². The highest BCUT2D eigenvalue weighted by molar-refractivity contribution is 9.10. The molecule has 0 aliphatic carbocycles. The summed E-state index contributed by atoms with van der Waals surface area (Å²) >= 11 is 3.52. The average molecular weight is 558 g/mol. The molecule has 190 valence electrons. The number of aromatic nitrogens is 3. The fraction of sp³-hybridized carbons (Fsp3) is 0.423. The van der Waals surface area contributed by atoms with E-state index in [-0.39, 0.29) is 17.6 Å². The van der Waals surface area contributed by atoms with Gasteiger partial charge < -0.3 is 19.5 Å². The van der Waals surface area contributed by atoms with Gasteiger partial charge in [-0.2, -0.15) is 5.10 Å². The van der Waals surface area contributed by atoms with E-state index >= 15 is 4.39 Å². The third-order valence-electron chi connectivity index (χ3n) is 6.50. The molecule has 0 spiro atoms. The Bertz CT molecular complexity index is 1400. The number of aromatic amines is 1. The number of ether oxygens (including phenoxy) is 1. The minimum Gasteiger partial charge on any atom is -0.444 e. The van der Waals surface area contributed by atoms with Crippen LogP contribution in [-0.2, 0) is 24.4 Å². The van der Waals surface area contributed by atoms with Crippen LogP contribution in [0.1, 0.15) is 61.4 Å². The molecule has 0 atom stereocenters. The normalized spacial score (nSPS) is 15.9. The summed E-state index contributed by atoms with van der Waals surface area (Å²) in [6.07, 6.45) is 4.12. The minimum atomic E-state index is -0.580. The molecule has 0 bridgehead atoms. The molecule has 1 aromatic carbocycles. The maximum atomic E-state index is 15.7. The molecule has 2 aromatic heterocycles. The van der Waals surface area contributed by atoms with Gasteiger partial charge in [0, 0.05) is 40.8 Å². The van der Waals surface area contributed by atoms with E-state index in [0.717, 1.165) is 23.4 Å². The maximum absolute atomic E-state index is 15.7. The molecule has 4 heterocycles. The molecule has 1 N–H and O–H groups in total. The molecule has 10 heteroatoms. The Hall–Kier alpha value is -3.14. The molecule has 0 radical (unpaired) electrons. The third-order valence-corrected chi connectivity index (χ3v) is 7.13. The van der Waals surface area contributed by atoms with E-state index in [1.807, 2.05) is 38.5 Å². The van der Waals surface area contributed by atoms with Gasteiger partial charge in [-0.15, -0.1) is 0 Å². The number of H-pyrrole nitrogens is 1. The molecule has 2 amide bonds. The number of amides is 2. The summed E-state index contributed by atoms with van der Waals surface area (Å²) < 4.78 is 23.7. The standard InChI is InChI=1S/C26H29BrFN5O3/c1-5-33-21-14-32(13-16(21)11-29-33)24(34)18-9-19(27)23-17(22(18)28)10-20(30-23)15-7-6-8-31(12-15)25(35)36-26(2,3)4/h7,9-11,30H,5-6,8,12-14H2,1-4H3. The van der Waals surface area contributed by atoms with Crippen molar-refractivity contribution in [2.75, 3.05) is 13.1 Å². The Balaban J connectivity index is 1.41. The summed E-state index contributed by atoms with van der Waals surface area (Å²) in [7, 11) is 0. The van der Waals surface area contributed by atoms with Gasteiger partial charge in [-0.1, -0.05) is 6.08 Å². The first-order valence-electron chi connectivity index (χ1n) is 12.1. The number of fused-ring (bicyclic) bond motifs is 2. The van der Waals surface area contributed by atoms with Crippen LogP contribution in [0.4, 0.5) is 9.18 Å². The number of nitrogens with zero attached hydrogens (tertiary/aromatic N) is 4. The van der Waals surface area contributed by atoms with Gasteiger partial charge in [0.1, 0.15) is 11.4 Å². The van der Waals surface area contributed by atoms with E-state index < -0.39 is 11.4 Å². The SMILES string of the molecule is CCn1ncc2c1CN(C(=O)c1cc(Br)c3[nH]c(C4=CCCN(C(=O)OC(C)(C)C)C4)cc3c1F)C2. The molecule has 3 aromatic rings. The van der Waals surface area contributed by atoms with Crippen LogP contribution in [0.15, 0.2) is 28.9 Å². The second kappa shape index (κ2) is 9.06. The van der Waals surface area contributed by atoms with Crippen LogP contribution < -0.4 is 0 Å². The Morgan fingerprint density at radius 3 is 2.69 bits per heavy atom. The van der Waals surface area contributed by atoms with Crippen LogP contribution in [0.5, 0.6) is 0 Å². The quantitative estimate of drug-likeness (QED) is 0.463. The third kappa shape index (κ3) is 4.42. The zero-order valence-electron chi connectivity index (χ0n) is 20.8. The molecular formula is C26H29BrFN5O3. The van der Waals surface area contributed by atoms with Crippen molar-refractivity contribution >= 4 is 44.4 Å². The lowest BCUT2D eigenvalue weighted by molar-refractivity contribution is 0.0273. The lowest BCUT2D eigenvalue weighted by Gasteiger charge is -2.30. The van der Waals surface area contributed by atoms with Crippen molar-refractivity contribution in [3.8, 4) is 0 Å². The van der Waals surface area contributed by atoms with Gasteiger partial charge in [0.05, 0.1) is 36.1 Å². The molecule has 0 unspecified atom stereocenters. The topological polar surface area (TPSA) is 83.5 Å². The Morgan fingerprint density at radius 1 is 1.19 bits per heavy atom. The molecule has 0 fully saturated rings. The number of rotatable bonds is 3. The Morgan fingerprint density at radius 2 is 1.97 bits per heavy atom. The second-order valence-electron chi connectivity index (χ2n) is 10.2. The van der Waals surface area contributed by atoms with Crippen LogP contribution in [0.3, 0.4) is 0 Å². The lowest BCUT2D eigenvalue weighted by atomic mass is 10.1. The number of aryl methyl sites for hydroxylation is 1. The highest BCUT2D eigenvalue weighted by Crippen LogP contribution is 2.34. The van der Waals surface area contributed by atoms with Gasteiger partial charge in [0.25, 0.3) is 5.91 Å². The zero-order chi connectivity index (χ0) is 25.8. The Kier molecular flexibility index (Phi) is 6.18. The van der Waals surface area contributed by atoms with Gasteiger partial charge in [0.15, 0.2) is 0 Å². The largest absolute Gasteiger partial charge is 0.444 e. The fourth-order valence-corrected chi connectivity index (χ4v) is 5.31. The van der Waals surface area contributed by atoms with Crippen molar-refractivity contribution in [1.29, 1.82) is 0 Å². The predicted octanol–water partition coefficient (Wildman–Crippen LogP) is 5.47. The van der Waals surface area contributed by atoms with Crippen molar-refractivity contribution < 1.29 is 18.7 Å². The molecular weight excluding hydrogens is 529 g/mol. The van der Waals surface area contributed by atoms with Crippen molar-refractivity contribution in [3.63, 3.8) is 0 Å². The first-order chi connectivity index (χ1) is 17.1. The summed E-state index contributed by atoms with van der Waals surface area (Å²) in [6.45, 7) is 9.96. The van der Waals surface area contributed by atoms with Crippen molar-refractivity contribution in [3.05, 3.63) is 57.2 Å². The smallest absolute Gasteiger partial charge is 0.410 e. The van der Waals surface area contributed by atoms with E-state index in [9.17, 15) is 9.59 Å². The van der Waals surface area contributed by atoms with E-state index in [2.05, 4.69) is 26.0 Å². The van der Waals surface area contributed by atoms with Crippen LogP contribution in [0.2, 0.25) is 0 Å². The summed E-state index contributed by atoms with van der Waals surface area (Å²) in [4.78, 5) is 32.5. The summed E-state index contributed by atoms with van der Waals surface area (Å²) in [6, 6.07) is 3.25. The fourth-order valence-electron chi connectivity index (χ4n) is 4.77. The van der Waals surface area contributed by atoms with Gasteiger partial charge in [-0.25, -0.2) is 9.18 Å². The number of hydrogen-bond donors (Lipinski definition) is 1. The van der Waals surface area contributed by atoms with Crippen LogP contribution in [-0.4, -0.2) is 55.3 Å². The van der Waals surface area contributed by atoms with Crippen molar-refractivity contribution in [2.24, 2.45) is 0 Å². The zero-order valence-corrected chi connectivity index (χ0v) is 22.4. The minimum absolute atomic E-state index is 0.0223. The first-order valence-corrected chi connectivity index (χ1v) is 12.9. The molecule has 0 saturated carbocycles. The number of carbonyl (C=O) groups excluding carboxylic acids is 2. The second-order valence-corrected chi connectivity index (χ2v) is 11.1. The first kappa shape index (κ1) is 24.5. The molecule has 5 rings (SSSR count). The number of hydrogen-bond acceptors (Lipinski definition) is 4. The van der Waals surface area contributed by atoms with Crippen LogP contribution in [0, 0.1) is 5.82 Å². The van der Waals surface area contributed by atoms with Gasteiger partial charge in [-0.3, -0.25) is 9.48 Å². The van der Waals surface area contributed by atoms with Gasteiger partial charge in [-0.05, 0) is 67.8 Å². The highest BCUT2D eigenvalue weighted by Gasteiger charge is 2.31. The van der Waals surface area contributed by atoms with Crippen molar-refractivity contribution in [1.82, 2.24) is 24.6 Å². The van der Waals surface area contributed by atoms with E-state index in [0.29, 0.717) is 53.7 Å². The van der Waals surface area contributed by atoms with E-state index in [1.54, 1.807) is 22.1 Å². The maximum Gasteiger partial charge on any atom is 0.410 e. The van der Waals surface area contributed by atoms with Crippen LogP contribution >= 0.6 is 15.9 Å². The summed E-state index contributed by atoms with van der Waals surface area (Å²) in [5.41, 5.74) is 3.58. The Labute approximate surface area is 217 Å². The number of benzene rings is 1. The summed E-state index contributed by atoms with van der Waals surface area (Å²) in [5.74, 6) is -0.918. The van der Waals surface area contributed by atoms with Gasteiger partial charge in [0.2, 0.25) is 0 Å². The molecule has 0 saturated heterocycles. The highest BCUT2D eigenvalue weighted by atomic mass is 79.9. The summed E-state index contributed by atoms with van der Waals surface area (Å²) in [5, 5.41) is 4.66. The van der Waals surface area contributed by atoms with Crippen LogP contribution in [0.25, 0.3) is 16.5 Å².